The molecule has 1 aromatic carbocycles. The van der Waals surface area contributed by atoms with Gasteiger partial charge in [-0.15, -0.1) is 0 Å². The third-order valence-corrected chi connectivity index (χ3v) is 2.30. The number of benzene rings is 1. The van der Waals surface area contributed by atoms with E-state index in [0.717, 1.165) is 16.9 Å². The van der Waals surface area contributed by atoms with Crippen molar-refractivity contribution in [2.75, 3.05) is 0 Å². The number of amides is 1. The summed E-state index contributed by atoms with van der Waals surface area (Å²) in [5, 5.41) is 0. The molecule has 0 saturated heterocycles. The van der Waals surface area contributed by atoms with E-state index in [9.17, 15) is 4.79 Å². The first kappa shape index (κ1) is 9.52. The van der Waals surface area contributed by atoms with E-state index in [1.54, 1.807) is 18.4 Å². The number of rotatable bonds is 2. The highest BCUT2D eigenvalue weighted by Gasteiger charge is 2.07. The molecule has 0 aliphatic carbocycles. The number of carbonyl (C=O) groups is 1. The van der Waals surface area contributed by atoms with Crippen LogP contribution in [0.1, 0.15) is 15.9 Å². The molecule has 0 bridgehead atoms. The van der Waals surface area contributed by atoms with Crippen molar-refractivity contribution >= 4 is 5.91 Å². The molecule has 0 spiro atoms. The Morgan fingerprint density at radius 2 is 2.13 bits per heavy atom. The fourth-order valence-corrected chi connectivity index (χ4v) is 1.53. The van der Waals surface area contributed by atoms with Gasteiger partial charge in [0.1, 0.15) is 5.76 Å². The lowest BCUT2D eigenvalue weighted by molar-refractivity contribution is 0.1000. The molecule has 3 nitrogen and oxygen atoms in total. The van der Waals surface area contributed by atoms with Crippen LogP contribution in [-0.2, 0) is 0 Å². The van der Waals surface area contributed by atoms with Crippen LogP contribution in [0.25, 0.3) is 11.3 Å². The minimum atomic E-state index is -0.413. The van der Waals surface area contributed by atoms with Crippen LogP contribution in [0.4, 0.5) is 0 Å². The van der Waals surface area contributed by atoms with Crippen LogP contribution < -0.4 is 5.73 Å². The second-order valence-electron chi connectivity index (χ2n) is 3.37. The van der Waals surface area contributed by atoms with Gasteiger partial charge in [0, 0.05) is 11.1 Å². The van der Waals surface area contributed by atoms with E-state index in [1.165, 1.54) is 0 Å². The Hall–Kier alpha value is -2.03. The number of furan rings is 1. The highest BCUT2D eigenvalue weighted by molar-refractivity contribution is 5.93. The van der Waals surface area contributed by atoms with Gasteiger partial charge in [-0.3, -0.25) is 4.79 Å². The summed E-state index contributed by atoms with van der Waals surface area (Å²) in [5.74, 6) is 0.382. The Labute approximate surface area is 87.5 Å². The summed E-state index contributed by atoms with van der Waals surface area (Å²) in [6, 6.07) is 9.02. The van der Waals surface area contributed by atoms with Gasteiger partial charge >= 0.3 is 0 Å². The van der Waals surface area contributed by atoms with Gasteiger partial charge in [0.25, 0.3) is 0 Å². The Morgan fingerprint density at radius 3 is 2.67 bits per heavy atom. The first-order valence-corrected chi connectivity index (χ1v) is 4.63. The van der Waals surface area contributed by atoms with E-state index in [1.807, 2.05) is 25.1 Å². The predicted octanol–water partition coefficient (Wildman–Crippen LogP) is 2.35. The van der Waals surface area contributed by atoms with Crippen LogP contribution in [0.5, 0.6) is 0 Å². The lowest BCUT2D eigenvalue weighted by Gasteiger charge is -2.03. The molecule has 0 aliphatic heterocycles. The summed E-state index contributed by atoms with van der Waals surface area (Å²) in [4.78, 5) is 10.9. The molecule has 0 fully saturated rings. The molecular weight excluding hydrogens is 190 g/mol. The molecule has 1 heterocycles. The Morgan fingerprint density at radius 1 is 1.33 bits per heavy atom. The smallest absolute Gasteiger partial charge is 0.248 e. The summed E-state index contributed by atoms with van der Waals surface area (Å²) in [5.41, 5.74) is 7.66. The SMILES string of the molecule is Cc1cc(C(N)=O)ccc1-c1ccco1. The third-order valence-electron chi connectivity index (χ3n) is 2.30. The zero-order valence-corrected chi connectivity index (χ0v) is 8.36. The Kier molecular flexibility index (Phi) is 2.29. The predicted molar refractivity (Wildman–Crippen MR) is 57.4 cm³/mol. The van der Waals surface area contributed by atoms with E-state index >= 15 is 0 Å². The van der Waals surface area contributed by atoms with E-state index in [2.05, 4.69) is 0 Å². The van der Waals surface area contributed by atoms with Crippen molar-refractivity contribution in [2.45, 2.75) is 6.92 Å². The van der Waals surface area contributed by atoms with Gasteiger partial charge in [-0.2, -0.15) is 0 Å². The van der Waals surface area contributed by atoms with Crippen molar-refractivity contribution in [3.63, 3.8) is 0 Å². The third kappa shape index (κ3) is 1.76. The van der Waals surface area contributed by atoms with Crippen LogP contribution in [0, 0.1) is 6.92 Å². The quantitative estimate of drug-likeness (QED) is 0.810. The van der Waals surface area contributed by atoms with Crippen molar-refractivity contribution in [2.24, 2.45) is 5.73 Å². The maximum atomic E-state index is 10.9. The number of aryl methyl sites for hydroxylation is 1. The largest absolute Gasteiger partial charge is 0.464 e. The van der Waals surface area contributed by atoms with E-state index in [-0.39, 0.29) is 0 Å². The maximum Gasteiger partial charge on any atom is 0.248 e. The van der Waals surface area contributed by atoms with Gasteiger partial charge < -0.3 is 10.2 Å². The van der Waals surface area contributed by atoms with Gasteiger partial charge in [-0.05, 0) is 36.8 Å². The molecule has 0 atom stereocenters. The van der Waals surface area contributed by atoms with Gasteiger partial charge in [0.05, 0.1) is 6.26 Å². The molecule has 76 valence electrons. The molecule has 2 aromatic rings. The molecule has 2 N–H and O–H groups in total. The number of nitrogens with two attached hydrogens (primary N) is 1. The summed E-state index contributed by atoms with van der Waals surface area (Å²) < 4.78 is 5.28. The molecule has 0 unspecified atom stereocenters. The van der Waals surface area contributed by atoms with E-state index in [0.29, 0.717) is 5.56 Å². The molecule has 0 radical (unpaired) electrons. The molecule has 0 aliphatic rings. The second kappa shape index (κ2) is 3.61. The van der Waals surface area contributed by atoms with Crippen LogP contribution in [0.2, 0.25) is 0 Å². The van der Waals surface area contributed by atoms with Gasteiger partial charge in [0.2, 0.25) is 5.91 Å². The normalized spacial score (nSPS) is 10.2. The number of primary amides is 1. The average molecular weight is 201 g/mol. The summed E-state index contributed by atoms with van der Waals surface area (Å²) in [6.45, 7) is 1.92. The fraction of sp³-hybridized carbons (Fsp3) is 0.0833. The van der Waals surface area contributed by atoms with Gasteiger partial charge in [-0.25, -0.2) is 0 Å². The number of carbonyl (C=O) groups excluding carboxylic acids is 1. The van der Waals surface area contributed by atoms with Crippen molar-refractivity contribution in [3.05, 3.63) is 47.7 Å². The van der Waals surface area contributed by atoms with Crippen LogP contribution in [0.3, 0.4) is 0 Å². The molecule has 15 heavy (non-hydrogen) atoms. The summed E-state index contributed by atoms with van der Waals surface area (Å²) >= 11 is 0. The second-order valence-corrected chi connectivity index (χ2v) is 3.37. The summed E-state index contributed by atoms with van der Waals surface area (Å²) in [7, 11) is 0. The highest BCUT2D eigenvalue weighted by Crippen LogP contribution is 2.24. The van der Waals surface area contributed by atoms with Crippen LogP contribution in [0.15, 0.2) is 41.0 Å². The zero-order chi connectivity index (χ0) is 10.8. The van der Waals surface area contributed by atoms with Crippen molar-refractivity contribution in [1.29, 1.82) is 0 Å². The topological polar surface area (TPSA) is 56.2 Å². The number of hydrogen-bond acceptors (Lipinski definition) is 2. The molecule has 1 aromatic heterocycles. The highest BCUT2D eigenvalue weighted by atomic mass is 16.3. The molecular formula is C12H11NO2. The molecule has 1 amide bonds. The Bertz CT molecular complexity index is 486. The van der Waals surface area contributed by atoms with E-state index in [4.69, 9.17) is 10.2 Å². The number of hydrogen-bond donors (Lipinski definition) is 1. The van der Waals surface area contributed by atoms with Gasteiger partial charge in [0.15, 0.2) is 0 Å². The Balaban J connectivity index is 2.48. The van der Waals surface area contributed by atoms with Crippen LogP contribution in [-0.4, -0.2) is 5.91 Å². The molecule has 2 rings (SSSR count). The zero-order valence-electron chi connectivity index (χ0n) is 8.36. The molecule has 3 heteroatoms. The minimum Gasteiger partial charge on any atom is -0.464 e. The standard InChI is InChI=1S/C12H11NO2/c1-8-7-9(12(13)14)4-5-10(8)11-3-2-6-15-11/h2-7H,1H3,(H2,13,14). The summed E-state index contributed by atoms with van der Waals surface area (Å²) in [6.07, 6.45) is 1.62. The van der Waals surface area contributed by atoms with Crippen molar-refractivity contribution < 1.29 is 9.21 Å². The van der Waals surface area contributed by atoms with Crippen molar-refractivity contribution in [1.82, 2.24) is 0 Å². The first-order valence-electron chi connectivity index (χ1n) is 4.63. The average Bonchev–Trinajstić information content (AvgIpc) is 2.70. The van der Waals surface area contributed by atoms with E-state index < -0.39 is 5.91 Å². The lowest BCUT2D eigenvalue weighted by Crippen LogP contribution is -2.10. The van der Waals surface area contributed by atoms with Gasteiger partial charge in [-0.1, -0.05) is 6.07 Å². The van der Waals surface area contributed by atoms with Crippen LogP contribution >= 0.6 is 0 Å². The molecule has 0 saturated carbocycles. The van der Waals surface area contributed by atoms with Crippen molar-refractivity contribution in [3.8, 4) is 11.3 Å². The lowest BCUT2D eigenvalue weighted by atomic mass is 10.0. The fourth-order valence-electron chi connectivity index (χ4n) is 1.53. The monoisotopic (exact) mass is 201 g/mol. The minimum absolute atomic E-state index is 0.413. The maximum absolute atomic E-state index is 10.9. The first-order chi connectivity index (χ1) is 7.18.